The Hall–Kier alpha value is 0.0200. The predicted molar refractivity (Wildman–Crippen MR) is 82.0 cm³/mol. The summed E-state index contributed by atoms with van der Waals surface area (Å²) in [5.74, 6) is 0. The van der Waals surface area contributed by atoms with Crippen LogP contribution < -0.4 is 5.32 Å². The molecule has 0 unspecified atom stereocenters. The van der Waals surface area contributed by atoms with Crippen molar-refractivity contribution in [3.05, 3.63) is 28.0 Å². The smallest absolute Gasteiger partial charge is 0.314 e. The Morgan fingerprint density at radius 3 is 2.00 bits per heavy atom. The number of hydrogen-bond acceptors (Lipinski definition) is 3. The normalized spacial score (nSPS) is 17.6. The molecule has 0 aromatic carbocycles. The van der Waals surface area contributed by atoms with Crippen LogP contribution in [-0.4, -0.2) is 42.2 Å². The van der Waals surface area contributed by atoms with Gasteiger partial charge in [0.05, 0.1) is 10.0 Å². The van der Waals surface area contributed by atoms with Crippen molar-refractivity contribution < 1.29 is 13.2 Å². The van der Waals surface area contributed by atoms with Crippen molar-refractivity contribution in [1.82, 2.24) is 15.2 Å². The van der Waals surface area contributed by atoms with Gasteiger partial charge in [-0.3, -0.25) is 9.88 Å². The van der Waals surface area contributed by atoms with Gasteiger partial charge in [0.25, 0.3) is 0 Å². The second-order valence-electron chi connectivity index (χ2n) is 4.25. The van der Waals surface area contributed by atoms with E-state index in [2.05, 4.69) is 10.3 Å². The predicted octanol–water partition coefficient (Wildman–Crippen LogP) is 3.74. The molecule has 1 saturated heterocycles. The Morgan fingerprint density at radius 1 is 1.10 bits per heavy atom. The summed E-state index contributed by atoms with van der Waals surface area (Å²) in [6.45, 7) is 1.60. The molecule has 3 nitrogen and oxygen atoms in total. The number of pyridine rings is 1. The molecule has 2 rings (SSSR count). The Bertz CT molecular complexity index is 433. The maximum Gasteiger partial charge on any atom is 0.408 e. The fraction of sp³-hybridized carbons (Fsp3) is 0.545. The van der Waals surface area contributed by atoms with E-state index in [4.69, 9.17) is 23.2 Å². The molecular formula is C11H14Cl4F3N3. The van der Waals surface area contributed by atoms with Crippen molar-refractivity contribution in [3.8, 4) is 0 Å². The molecule has 0 spiro atoms. The average molecular weight is 387 g/mol. The van der Waals surface area contributed by atoms with Gasteiger partial charge in [0.1, 0.15) is 6.04 Å². The van der Waals surface area contributed by atoms with Crippen LogP contribution in [-0.2, 0) is 0 Å². The summed E-state index contributed by atoms with van der Waals surface area (Å²) >= 11 is 11.7. The van der Waals surface area contributed by atoms with E-state index in [9.17, 15) is 13.2 Å². The SMILES string of the molecule is Cl.Cl.FC(F)(F)[C@@H](c1c(Cl)cncc1Cl)N1CCNCC1. The van der Waals surface area contributed by atoms with Crippen molar-refractivity contribution in [1.29, 1.82) is 0 Å². The third-order valence-electron chi connectivity index (χ3n) is 2.99. The molecule has 0 amide bonds. The molecule has 1 atom stereocenters. The van der Waals surface area contributed by atoms with Crippen LogP contribution >= 0.6 is 48.0 Å². The monoisotopic (exact) mass is 385 g/mol. The lowest BCUT2D eigenvalue weighted by Gasteiger charge is -2.36. The van der Waals surface area contributed by atoms with Crippen molar-refractivity contribution in [2.75, 3.05) is 26.2 Å². The zero-order valence-corrected chi connectivity index (χ0v) is 13.8. The molecule has 1 N–H and O–H groups in total. The van der Waals surface area contributed by atoms with Crippen LogP contribution in [0, 0.1) is 0 Å². The standard InChI is InChI=1S/C11H12Cl2F3N3.2ClH/c12-7-5-18-6-8(13)9(7)10(11(14,15)16)19-3-1-17-2-4-19;;/h5-6,10,17H,1-4H2;2*1H/t10-;;/m1../s1. The quantitative estimate of drug-likeness (QED) is 0.839. The minimum absolute atomic E-state index is 0. The molecule has 0 radical (unpaired) electrons. The van der Waals surface area contributed by atoms with E-state index in [-0.39, 0.29) is 40.4 Å². The number of nitrogens with zero attached hydrogens (tertiary/aromatic N) is 2. The van der Waals surface area contributed by atoms with Gasteiger partial charge in [0.2, 0.25) is 0 Å². The minimum Gasteiger partial charge on any atom is -0.314 e. The van der Waals surface area contributed by atoms with Gasteiger partial charge >= 0.3 is 6.18 Å². The minimum atomic E-state index is -4.44. The first-order valence-electron chi connectivity index (χ1n) is 5.71. The maximum atomic E-state index is 13.4. The lowest BCUT2D eigenvalue weighted by Crippen LogP contribution is -2.49. The molecule has 1 aliphatic rings. The van der Waals surface area contributed by atoms with Crippen LogP contribution in [0.15, 0.2) is 12.4 Å². The molecule has 1 aromatic rings. The molecule has 2 heterocycles. The van der Waals surface area contributed by atoms with Gasteiger partial charge in [-0.2, -0.15) is 13.2 Å². The van der Waals surface area contributed by atoms with Gasteiger partial charge < -0.3 is 5.32 Å². The first-order chi connectivity index (χ1) is 8.91. The van der Waals surface area contributed by atoms with Crippen LogP contribution in [0.5, 0.6) is 0 Å². The maximum absolute atomic E-state index is 13.4. The van der Waals surface area contributed by atoms with Gasteiger partial charge in [-0.05, 0) is 0 Å². The highest BCUT2D eigenvalue weighted by Gasteiger charge is 2.46. The van der Waals surface area contributed by atoms with E-state index >= 15 is 0 Å². The first kappa shape index (κ1) is 21.0. The van der Waals surface area contributed by atoms with Crippen LogP contribution in [0.4, 0.5) is 13.2 Å². The highest BCUT2D eigenvalue weighted by Crippen LogP contribution is 2.43. The molecule has 10 heteroatoms. The number of alkyl halides is 3. The molecule has 122 valence electrons. The summed E-state index contributed by atoms with van der Waals surface area (Å²) in [5.41, 5.74) is -0.118. The highest BCUT2D eigenvalue weighted by atomic mass is 35.5. The second-order valence-corrected chi connectivity index (χ2v) is 5.06. The Balaban J connectivity index is 0.00000200. The number of nitrogens with one attached hydrogen (secondary N) is 1. The van der Waals surface area contributed by atoms with Crippen molar-refractivity contribution in [2.24, 2.45) is 0 Å². The van der Waals surface area contributed by atoms with E-state index in [1.807, 2.05) is 0 Å². The summed E-state index contributed by atoms with van der Waals surface area (Å²) in [6.07, 6.45) is -2.07. The first-order valence-corrected chi connectivity index (χ1v) is 6.47. The average Bonchev–Trinajstić information content (AvgIpc) is 2.33. The topological polar surface area (TPSA) is 28.2 Å². The molecule has 1 aromatic heterocycles. The molecule has 0 bridgehead atoms. The lowest BCUT2D eigenvalue weighted by molar-refractivity contribution is -0.187. The molecule has 1 aliphatic heterocycles. The fourth-order valence-corrected chi connectivity index (χ4v) is 2.75. The third-order valence-corrected chi connectivity index (χ3v) is 3.59. The second kappa shape index (κ2) is 8.60. The van der Waals surface area contributed by atoms with Crippen LogP contribution in [0.25, 0.3) is 0 Å². The van der Waals surface area contributed by atoms with Gasteiger partial charge in [0, 0.05) is 44.1 Å². The number of hydrogen-bond donors (Lipinski definition) is 1. The summed E-state index contributed by atoms with van der Waals surface area (Å²) in [7, 11) is 0. The zero-order valence-electron chi connectivity index (χ0n) is 10.7. The molecular weight excluding hydrogens is 373 g/mol. The summed E-state index contributed by atoms with van der Waals surface area (Å²) in [5, 5.41) is 2.89. The number of rotatable bonds is 2. The summed E-state index contributed by atoms with van der Waals surface area (Å²) in [4.78, 5) is 5.03. The molecule has 0 aliphatic carbocycles. The van der Waals surface area contributed by atoms with E-state index in [1.54, 1.807) is 0 Å². The molecule has 1 fully saturated rings. The van der Waals surface area contributed by atoms with Gasteiger partial charge in [-0.1, -0.05) is 23.2 Å². The van der Waals surface area contributed by atoms with Gasteiger partial charge in [-0.15, -0.1) is 24.8 Å². The third kappa shape index (κ3) is 5.01. The number of aromatic nitrogens is 1. The van der Waals surface area contributed by atoms with Crippen molar-refractivity contribution >= 4 is 48.0 Å². The fourth-order valence-electron chi connectivity index (χ4n) is 2.18. The van der Waals surface area contributed by atoms with Gasteiger partial charge in [-0.25, -0.2) is 0 Å². The van der Waals surface area contributed by atoms with Crippen LogP contribution in [0.1, 0.15) is 11.6 Å². The Morgan fingerprint density at radius 2 is 1.57 bits per heavy atom. The van der Waals surface area contributed by atoms with Crippen molar-refractivity contribution in [2.45, 2.75) is 12.2 Å². The number of piperazine rings is 1. The van der Waals surface area contributed by atoms with Crippen LogP contribution in [0.3, 0.4) is 0 Å². The Labute approximate surface area is 143 Å². The Kier molecular flexibility index (Phi) is 8.61. The summed E-state index contributed by atoms with van der Waals surface area (Å²) < 4.78 is 40.1. The number of halogens is 7. The molecule has 0 saturated carbocycles. The van der Waals surface area contributed by atoms with E-state index in [0.717, 1.165) is 0 Å². The van der Waals surface area contributed by atoms with E-state index in [0.29, 0.717) is 26.2 Å². The van der Waals surface area contributed by atoms with Crippen molar-refractivity contribution in [3.63, 3.8) is 0 Å². The van der Waals surface area contributed by atoms with E-state index in [1.165, 1.54) is 17.3 Å². The van der Waals surface area contributed by atoms with Gasteiger partial charge in [0.15, 0.2) is 0 Å². The highest BCUT2D eigenvalue weighted by molar-refractivity contribution is 6.35. The van der Waals surface area contributed by atoms with E-state index < -0.39 is 12.2 Å². The van der Waals surface area contributed by atoms with Crippen LogP contribution in [0.2, 0.25) is 10.0 Å². The summed E-state index contributed by atoms with van der Waals surface area (Å²) in [6, 6.07) is -1.79. The zero-order chi connectivity index (χ0) is 14.0. The molecule has 21 heavy (non-hydrogen) atoms. The largest absolute Gasteiger partial charge is 0.408 e. The lowest BCUT2D eigenvalue weighted by atomic mass is 10.1.